The topological polar surface area (TPSA) is 41.5 Å². The minimum atomic E-state index is -1.03. The lowest BCUT2D eigenvalue weighted by atomic mass is 9.97. The van der Waals surface area contributed by atoms with Gasteiger partial charge in [-0.05, 0) is 41.5 Å². The number of hydrogen-bond acceptors (Lipinski definition) is 3. The molecule has 4 heteroatoms. The number of halogens is 1. The Kier molecular flexibility index (Phi) is 5.39. The highest BCUT2D eigenvalue weighted by atomic mass is 79.9. The summed E-state index contributed by atoms with van der Waals surface area (Å²) in [5.74, 6) is 0.767. The maximum absolute atomic E-state index is 10.6. The summed E-state index contributed by atoms with van der Waals surface area (Å²) in [5, 5.41) is 13.7. The van der Waals surface area contributed by atoms with Gasteiger partial charge in [-0.2, -0.15) is 0 Å². The monoisotopic (exact) mass is 349 g/mol. The van der Waals surface area contributed by atoms with E-state index < -0.39 is 5.60 Å². The summed E-state index contributed by atoms with van der Waals surface area (Å²) in [5.41, 5.74) is 0.857. The normalized spacial score (nSPS) is 13.7. The van der Waals surface area contributed by atoms with Crippen LogP contribution in [0.5, 0.6) is 5.75 Å². The molecule has 0 saturated carbocycles. The van der Waals surface area contributed by atoms with Gasteiger partial charge < -0.3 is 15.2 Å². The van der Waals surface area contributed by atoms with Crippen LogP contribution in [0.3, 0.4) is 0 Å². The van der Waals surface area contributed by atoms with Crippen LogP contribution in [0.2, 0.25) is 0 Å². The largest absolute Gasteiger partial charge is 0.489 e. The van der Waals surface area contributed by atoms with Crippen molar-refractivity contribution in [1.29, 1.82) is 0 Å². The first-order valence-corrected chi connectivity index (χ1v) is 7.66. The van der Waals surface area contributed by atoms with Crippen molar-refractivity contribution in [3.05, 3.63) is 64.1 Å². The Labute approximate surface area is 134 Å². The Hall–Kier alpha value is -1.36. The average Bonchev–Trinajstić information content (AvgIpc) is 2.48. The van der Waals surface area contributed by atoms with Gasteiger partial charge >= 0.3 is 0 Å². The molecule has 21 heavy (non-hydrogen) atoms. The number of ether oxygens (including phenoxy) is 1. The zero-order valence-electron chi connectivity index (χ0n) is 12.3. The third kappa shape index (κ3) is 4.06. The van der Waals surface area contributed by atoms with Crippen molar-refractivity contribution in [1.82, 2.24) is 5.32 Å². The number of nitrogens with one attached hydrogen (secondary N) is 1. The molecule has 112 valence electrons. The maximum atomic E-state index is 10.6. The molecule has 1 atom stereocenters. The maximum Gasteiger partial charge on any atom is 0.138 e. The molecule has 0 bridgehead atoms. The quantitative estimate of drug-likeness (QED) is 0.839. The van der Waals surface area contributed by atoms with Crippen molar-refractivity contribution in [3.8, 4) is 5.75 Å². The van der Waals surface area contributed by atoms with Gasteiger partial charge in [0.25, 0.3) is 0 Å². The van der Waals surface area contributed by atoms with Gasteiger partial charge in [0.1, 0.15) is 18.0 Å². The van der Waals surface area contributed by atoms with Gasteiger partial charge in [0, 0.05) is 12.1 Å². The second kappa shape index (κ2) is 7.07. The molecular weight excluding hydrogens is 330 g/mol. The summed E-state index contributed by atoms with van der Waals surface area (Å²) in [6.45, 7) is 2.66. The minimum Gasteiger partial charge on any atom is -0.489 e. The molecule has 3 nitrogen and oxygen atoms in total. The molecule has 0 spiro atoms. The highest BCUT2D eigenvalue weighted by Gasteiger charge is 2.24. The second-order valence-electron chi connectivity index (χ2n) is 5.19. The smallest absolute Gasteiger partial charge is 0.138 e. The zero-order valence-corrected chi connectivity index (χ0v) is 13.9. The van der Waals surface area contributed by atoms with E-state index in [2.05, 4.69) is 21.2 Å². The molecule has 0 amide bonds. The molecule has 2 N–H and O–H groups in total. The summed E-state index contributed by atoms with van der Waals surface area (Å²) in [4.78, 5) is 0. The van der Waals surface area contributed by atoms with Crippen molar-refractivity contribution in [2.24, 2.45) is 0 Å². The fourth-order valence-corrected chi connectivity index (χ4v) is 2.66. The van der Waals surface area contributed by atoms with Gasteiger partial charge in [0.15, 0.2) is 0 Å². The Balaban J connectivity index is 2.16. The molecular formula is C17H20BrNO2. The lowest BCUT2D eigenvalue weighted by Crippen LogP contribution is -2.29. The van der Waals surface area contributed by atoms with Crippen LogP contribution in [0, 0.1) is 0 Å². The number of rotatable bonds is 6. The van der Waals surface area contributed by atoms with E-state index in [0.29, 0.717) is 6.54 Å². The van der Waals surface area contributed by atoms with Crippen LogP contribution in [0.15, 0.2) is 53.0 Å². The van der Waals surface area contributed by atoms with E-state index in [0.717, 1.165) is 21.3 Å². The molecule has 0 aliphatic rings. The van der Waals surface area contributed by atoms with Gasteiger partial charge in [0.2, 0.25) is 0 Å². The number of aliphatic hydroxyl groups is 1. The predicted octanol–water partition coefficient (Wildman–Crippen LogP) is 3.46. The number of benzene rings is 2. The SMILES string of the molecule is CNCc1cccc(Br)c1OCC(C)(O)c1ccccc1. The first kappa shape index (κ1) is 16.0. The lowest BCUT2D eigenvalue weighted by Gasteiger charge is -2.25. The van der Waals surface area contributed by atoms with Gasteiger partial charge in [-0.25, -0.2) is 0 Å². The van der Waals surface area contributed by atoms with Gasteiger partial charge in [-0.1, -0.05) is 42.5 Å². The standard InChI is InChI=1S/C17H20BrNO2/c1-17(20,14-8-4-3-5-9-14)12-21-16-13(11-19-2)7-6-10-15(16)18/h3-10,19-20H,11-12H2,1-2H3. The van der Waals surface area contributed by atoms with E-state index in [1.165, 1.54) is 0 Å². The zero-order chi connectivity index (χ0) is 15.3. The summed E-state index contributed by atoms with van der Waals surface area (Å²) in [6, 6.07) is 15.5. The first-order chi connectivity index (χ1) is 10.0. The van der Waals surface area contributed by atoms with Crippen LogP contribution >= 0.6 is 15.9 Å². The molecule has 0 heterocycles. The van der Waals surface area contributed by atoms with Crippen LogP contribution in [0.4, 0.5) is 0 Å². The molecule has 0 aromatic heterocycles. The third-order valence-electron chi connectivity index (χ3n) is 3.31. The van der Waals surface area contributed by atoms with Crippen LogP contribution < -0.4 is 10.1 Å². The van der Waals surface area contributed by atoms with Crippen molar-refractivity contribution in [2.75, 3.05) is 13.7 Å². The van der Waals surface area contributed by atoms with Crippen LogP contribution in [0.25, 0.3) is 0 Å². The fraction of sp³-hybridized carbons (Fsp3) is 0.294. The molecule has 0 saturated heterocycles. The van der Waals surface area contributed by atoms with E-state index >= 15 is 0 Å². The fourth-order valence-electron chi connectivity index (χ4n) is 2.14. The molecule has 2 aromatic rings. The molecule has 2 aromatic carbocycles. The van der Waals surface area contributed by atoms with Crippen molar-refractivity contribution >= 4 is 15.9 Å². The minimum absolute atomic E-state index is 0.191. The Bertz CT molecular complexity index is 585. The van der Waals surface area contributed by atoms with Gasteiger partial charge in [0.05, 0.1) is 4.47 Å². The number of hydrogen-bond donors (Lipinski definition) is 2. The first-order valence-electron chi connectivity index (χ1n) is 6.87. The van der Waals surface area contributed by atoms with Crippen molar-refractivity contribution < 1.29 is 9.84 Å². The Morgan fingerprint density at radius 1 is 1.14 bits per heavy atom. The molecule has 0 radical (unpaired) electrons. The van der Waals surface area contributed by atoms with E-state index in [4.69, 9.17) is 4.74 Å². The van der Waals surface area contributed by atoms with Gasteiger partial charge in [-0.3, -0.25) is 0 Å². The predicted molar refractivity (Wildman–Crippen MR) is 88.4 cm³/mol. The van der Waals surface area contributed by atoms with E-state index in [-0.39, 0.29) is 6.61 Å². The summed E-state index contributed by atoms with van der Waals surface area (Å²) in [7, 11) is 1.89. The molecule has 0 aliphatic carbocycles. The van der Waals surface area contributed by atoms with Crippen LogP contribution in [0.1, 0.15) is 18.1 Å². The Morgan fingerprint density at radius 3 is 2.52 bits per heavy atom. The van der Waals surface area contributed by atoms with E-state index in [1.54, 1.807) is 6.92 Å². The highest BCUT2D eigenvalue weighted by molar-refractivity contribution is 9.10. The van der Waals surface area contributed by atoms with Gasteiger partial charge in [-0.15, -0.1) is 0 Å². The molecule has 2 rings (SSSR count). The third-order valence-corrected chi connectivity index (χ3v) is 3.93. The van der Waals surface area contributed by atoms with E-state index in [9.17, 15) is 5.11 Å². The highest BCUT2D eigenvalue weighted by Crippen LogP contribution is 2.31. The van der Waals surface area contributed by atoms with E-state index in [1.807, 2.05) is 55.6 Å². The summed E-state index contributed by atoms with van der Waals surface area (Å²) < 4.78 is 6.79. The molecule has 0 aliphatic heterocycles. The molecule has 0 fully saturated rings. The molecule has 1 unspecified atom stereocenters. The van der Waals surface area contributed by atoms with Crippen molar-refractivity contribution in [3.63, 3.8) is 0 Å². The van der Waals surface area contributed by atoms with Crippen LogP contribution in [-0.4, -0.2) is 18.8 Å². The number of para-hydroxylation sites is 1. The summed E-state index contributed by atoms with van der Waals surface area (Å²) in [6.07, 6.45) is 0. The van der Waals surface area contributed by atoms with Crippen LogP contribution in [-0.2, 0) is 12.1 Å². The second-order valence-corrected chi connectivity index (χ2v) is 6.04. The average molecular weight is 350 g/mol. The summed E-state index contributed by atoms with van der Waals surface area (Å²) >= 11 is 3.51. The van der Waals surface area contributed by atoms with Crippen molar-refractivity contribution in [2.45, 2.75) is 19.1 Å². The lowest BCUT2D eigenvalue weighted by molar-refractivity contribution is 0.00704. The Morgan fingerprint density at radius 2 is 1.86 bits per heavy atom.